The molecular weight excluding hydrogens is 139 g/mol. The Balaban J connectivity index is 2.83. The van der Waals surface area contributed by atoms with Crippen LogP contribution >= 0.6 is 0 Å². The first kappa shape index (κ1) is 7.41. The van der Waals surface area contributed by atoms with Gasteiger partial charge in [-0.1, -0.05) is 0 Å². The summed E-state index contributed by atoms with van der Waals surface area (Å²) in [7, 11) is 3.18. The predicted molar refractivity (Wildman–Crippen MR) is 22.7 cm³/mol. The van der Waals surface area contributed by atoms with Gasteiger partial charge in [-0.25, -0.2) is 0 Å². The van der Waals surface area contributed by atoms with E-state index < -0.39 is 0 Å². The first-order valence-corrected chi connectivity index (χ1v) is 2.50. The topological polar surface area (TPSA) is 18.5 Å². The van der Waals surface area contributed by atoms with Crippen molar-refractivity contribution in [3.8, 4) is 0 Å². The molecule has 0 spiro atoms. The molecule has 7 heavy (non-hydrogen) atoms. The summed E-state index contributed by atoms with van der Waals surface area (Å²) in [4.78, 5) is 0. The number of ether oxygens (including phenoxy) is 2. The van der Waals surface area contributed by atoms with Crippen molar-refractivity contribution >= 4 is 0 Å². The Morgan fingerprint density at radius 2 is 2.14 bits per heavy atom. The number of hydrogen-bond donors (Lipinski definition) is 0. The zero-order chi connectivity index (χ0) is 5.70. The standard InChI is InChI=1S/C4H9O2.Ni/c1-5-3-4-6-2;/h3H,4H2,1-2H3;. The average Bonchev–Trinajstić information content (AvgIpc) is 1.68. The van der Waals surface area contributed by atoms with Crippen molar-refractivity contribution < 1.29 is 24.9 Å². The summed E-state index contributed by atoms with van der Waals surface area (Å²) in [5.74, 6) is 0. The molecule has 47 valence electrons. The monoisotopic (exact) mass is 147 g/mol. The molecule has 0 N–H and O–H groups in total. The molecule has 0 saturated carbocycles. The van der Waals surface area contributed by atoms with E-state index >= 15 is 0 Å². The molecule has 0 rings (SSSR count). The summed E-state index contributed by atoms with van der Waals surface area (Å²) < 4.78 is 9.37. The van der Waals surface area contributed by atoms with Crippen LogP contribution in [0.1, 0.15) is 0 Å². The Morgan fingerprint density at radius 3 is 2.29 bits per heavy atom. The van der Waals surface area contributed by atoms with E-state index in [1.54, 1.807) is 14.2 Å². The van der Waals surface area contributed by atoms with E-state index in [1.807, 2.05) is 0 Å². The van der Waals surface area contributed by atoms with Crippen LogP contribution < -0.4 is 0 Å². The van der Waals surface area contributed by atoms with Crippen molar-refractivity contribution in [1.82, 2.24) is 0 Å². The van der Waals surface area contributed by atoms with Gasteiger partial charge in [0.05, 0.1) is 0 Å². The fourth-order valence-corrected chi connectivity index (χ4v) is 0.353. The molecular formula is C4H9NiO2. The van der Waals surface area contributed by atoms with Crippen LogP contribution in [0.15, 0.2) is 0 Å². The van der Waals surface area contributed by atoms with Crippen molar-refractivity contribution in [3.05, 3.63) is 0 Å². The van der Waals surface area contributed by atoms with Crippen molar-refractivity contribution in [2.45, 2.75) is 5.07 Å². The van der Waals surface area contributed by atoms with Crippen LogP contribution in [0, 0.1) is 0 Å². The molecule has 0 saturated heterocycles. The molecule has 0 aromatic heterocycles. The quantitative estimate of drug-likeness (QED) is 0.530. The van der Waals surface area contributed by atoms with Crippen LogP contribution in [0.3, 0.4) is 0 Å². The van der Waals surface area contributed by atoms with E-state index in [0.717, 1.165) is 0 Å². The van der Waals surface area contributed by atoms with Gasteiger partial charge >= 0.3 is 50.8 Å². The normalized spacial score (nSPS) is 14.3. The molecule has 0 aliphatic rings. The molecule has 0 aromatic carbocycles. The van der Waals surface area contributed by atoms with Gasteiger partial charge in [0, 0.05) is 0 Å². The molecule has 0 aromatic rings. The minimum atomic E-state index is -0.148. The van der Waals surface area contributed by atoms with E-state index in [1.165, 1.54) is 0 Å². The van der Waals surface area contributed by atoms with Crippen LogP contribution in [-0.4, -0.2) is 25.9 Å². The van der Waals surface area contributed by atoms with Gasteiger partial charge in [-0.3, -0.25) is 0 Å². The van der Waals surface area contributed by atoms with Crippen molar-refractivity contribution in [2.75, 3.05) is 20.8 Å². The third kappa shape index (κ3) is 4.26. The van der Waals surface area contributed by atoms with E-state index in [2.05, 4.69) is 20.2 Å². The van der Waals surface area contributed by atoms with E-state index in [0.29, 0.717) is 6.61 Å². The second-order valence-electron chi connectivity index (χ2n) is 1.06. The molecule has 1 atom stereocenters. The molecule has 0 amide bonds. The second kappa shape index (κ2) is 4.57. The Morgan fingerprint density at radius 1 is 1.57 bits per heavy atom. The van der Waals surface area contributed by atoms with Gasteiger partial charge in [0.2, 0.25) is 0 Å². The fourth-order valence-electron chi connectivity index (χ4n) is 0.189. The van der Waals surface area contributed by atoms with Crippen molar-refractivity contribution in [1.29, 1.82) is 0 Å². The van der Waals surface area contributed by atoms with Crippen LogP contribution in [0.25, 0.3) is 0 Å². The Bertz CT molecular complexity index is 40.7. The fraction of sp³-hybridized carbons (Fsp3) is 1.00. The predicted octanol–water partition coefficient (Wildman–Crippen LogP) is 0.152. The minimum absolute atomic E-state index is 0.148. The van der Waals surface area contributed by atoms with Crippen LogP contribution in [0.5, 0.6) is 0 Å². The number of hydrogen-bond acceptors (Lipinski definition) is 2. The molecule has 1 unspecified atom stereocenters. The summed E-state index contributed by atoms with van der Waals surface area (Å²) in [6.07, 6.45) is 0. The maximum absolute atomic E-state index is 4.70. The van der Waals surface area contributed by atoms with Gasteiger partial charge in [-0.2, -0.15) is 0 Å². The molecule has 0 aliphatic heterocycles. The van der Waals surface area contributed by atoms with Gasteiger partial charge in [0.15, 0.2) is 0 Å². The van der Waals surface area contributed by atoms with Gasteiger partial charge in [0.25, 0.3) is 0 Å². The summed E-state index contributed by atoms with van der Waals surface area (Å²) >= 11 is 4.42. The van der Waals surface area contributed by atoms with Gasteiger partial charge in [0.1, 0.15) is 0 Å². The Kier molecular flexibility index (Phi) is 4.84. The van der Waals surface area contributed by atoms with Crippen molar-refractivity contribution in [2.24, 2.45) is 0 Å². The number of rotatable bonds is 3. The number of methoxy groups -OCH3 is 2. The zero-order valence-corrected chi connectivity index (χ0v) is 5.40. The van der Waals surface area contributed by atoms with Crippen molar-refractivity contribution in [3.63, 3.8) is 0 Å². The molecule has 0 aliphatic carbocycles. The van der Waals surface area contributed by atoms with Crippen LogP contribution in [0.4, 0.5) is 0 Å². The van der Waals surface area contributed by atoms with Crippen LogP contribution in [-0.2, 0) is 24.9 Å². The van der Waals surface area contributed by atoms with Gasteiger partial charge < -0.3 is 0 Å². The molecule has 0 bridgehead atoms. The Labute approximate surface area is 51.5 Å². The van der Waals surface area contributed by atoms with Gasteiger partial charge in [-0.15, -0.1) is 0 Å². The third-order valence-corrected chi connectivity index (χ3v) is 0.926. The maximum atomic E-state index is 4.70. The van der Waals surface area contributed by atoms with E-state index in [-0.39, 0.29) is 5.07 Å². The second-order valence-corrected chi connectivity index (χ2v) is 1.70. The first-order valence-electron chi connectivity index (χ1n) is 1.93. The molecule has 0 heterocycles. The summed E-state index contributed by atoms with van der Waals surface area (Å²) in [6.45, 7) is 0.510. The first-order chi connectivity index (χ1) is 3.31. The van der Waals surface area contributed by atoms with E-state index in [4.69, 9.17) is 4.74 Å². The molecule has 2 nitrogen and oxygen atoms in total. The van der Waals surface area contributed by atoms with Gasteiger partial charge in [-0.05, 0) is 0 Å². The molecule has 0 radical (unpaired) electrons. The zero-order valence-electron chi connectivity index (χ0n) is 4.42. The SMILES string of the molecule is COC[CH]([Ni])OC. The summed E-state index contributed by atoms with van der Waals surface area (Å²) in [5.41, 5.74) is 0. The summed E-state index contributed by atoms with van der Waals surface area (Å²) in [6, 6.07) is 0. The molecule has 3 heteroatoms. The average molecular weight is 148 g/mol. The molecule has 0 fully saturated rings. The van der Waals surface area contributed by atoms with Crippen LogP contribution in [0.2, 0.25) is 0 Å². The Hall–Kier alpha value is 0.414. The van der Waals surface area contributed by atoms with E-state index in [9.17, 15) is 0 Å². The third-order valence-electron chi connectivity index (χ3n) is 0.529. The summed E-state index contributed by atoms with van der Waals surface area (Å²) in [5, 5.41) is -0.148.